The number of halogens is 3. The summed E-state index contributed by atoms with van der Waals surface area (Å²) in [5, 5.41) is 12.3. The molecular formula is C22H32BrF2NO3S. The summed E-state index contributed by atoms with van der Waals surface area (Å²) in [6.45, 7) is 6.67. The van der Waals surface area contributed by atoms with Crippen molar-refractivity contribution >= 4 is 17.3 Å². The van der Waals surface area contributed by atoms with Gasteiger partial charge in [0.25, 0.3) is 0 Å². The Morgan fingerprint density at radius 2 is 2.07 bits per heavy atom. The summed E-state index contributed by atoms with van der Waals surface area (Å²) in [6, 6.07) is 0. The van der Waals surface area contributed by atoms with E-state index in [0.29, 0.717) is 22.8 Å². The van der Waals surface area contributed by atoms with Crippen LogP contribution in [0.15, 0.2) is 5.38 Å². The van der Waals surface area contributed by atoms with Gasteiger partial charge in [0, 0.05) is 37.2 Å². The molecule has 8 heteroatoms. The first kappa shape index (κ1) is 23.9. The highest BCUT2D eigenvalue weighted by molar-refractivity contribution is 7.10. The van der Waals surface area contributed by atoms with Crippen molar-refractivity contribution in [3.05, 3.63) is 15.8 Å². The minimum Gasteiger partial charge on any atom is -1.00 e. The lowest BCUT2D eigenvalue weighted by atomic mass is 9.83. The van der Waals surface area contributed by atoms with Gasteiger partial charge in [-0.05, 0) is 24.1 Å². The SMILES string of the molecule is CCCC[N+]12CCC(CC1)[C@@H](OC(=O)Cc1scc(C3CCC(F)(F)C3)c1O)C2.[Br-]. The lowest BCUT2D eigenvalue weighted by molar-refractivity contribution is -0.946. The monoisotopic (exact) mass is 507 g/mol. The highest BCUT2D eigenvalue weighted by Gasteiger charge is 2.47. The summed E-state index contributed by atoms with van der Waals surface area (Å²) >= 11 is 1.28. The molecule has 4 aliphatic rings. The molecule has 1 aliphatic carbocycles. The third kappa shape index (κ3) is 5.01. The number of quaternary nitrogens is 1. The molecule has 3 saturated heterocycles. The van der Waals surface area contributed by atoms with Crippen LogP contribution in [0, 0.1) is 5.92 Å². The molecule has 3 aliphatic heterocycles. The number of hydrogen-bond acceptors (Lipinski definition) is 4. The largest absolute Gasteiger partial charge is 1.00 e. The van der Waals surface area contributed by atoms with Crippen molar-refractivity contribution in [1.29, 1.82) is 0 Å². The maximum absolute atomic E-state index is 13.5. The third-order valence-electron chi connectivity index (χ3n) is 7.32. The first-order valence-electron chi connectivity index (χ1n) is 11.0. The molecule has 170 valence electrons. The van der Waals surface area contributed by atoms with E-state index in [9.17, 15) is 18.7 Å². The Kier molecular flexibility index (Phi) is 7.50. The Labute approximate surface area is 192 Å². The summed E-state index contributed by atoms with van der Waals surface area (Å²) in [5.74, 6) is -2.80. The molecule has 1 saturated carbocycles. The third-order valence-corrected chi connectivity index (χ3v) is 8.32. The van der Waals surface area contributed by atoms with E-state index >= 15 is 0 Å². The van der Waals surface area contributed by atoms with Gasteiger partial charge in [0.1, 0.15) is 12.3 Å². The molecule has 1 N–H and O–H groups in total. The van der Waals surface area contributed by atoms with Crippen LogP contribution in [0.3, 0.4) is 0 Å². The van der Waals surface area contributed by atoms with Crippen molar-refractivity contribution in [3.8, 4) is 5.75 Å². The summed E-state index contributed by atoms with van der Waals surface area (Å²) in [6.07, 6.45) is 4.64. The van der Waals surface area contributed by atoms with E-state index in [-0.39, 0.29) is 60.0 Å². The Hall–Kier alpha value is -0.730. The maximum Gasteiger partial charge on any atom is 0.311 e. The number of alkyl halides is 2. The first-order chi connectivity index (χ1) is 13.8. The Bertz CT molecular complexity index is 749. The van der Waals surface area contributed by atoms with Gasteiger partial charge in [-0.2, -0.15) is 0 Å². The Balaban J connectivity index is 0.00000256. The van der Waals surface area contributed by atoms with E-state index < -0.39 is 5.92 Å². The molecule has 0 radical (unpaired) electrons. The zero-order valence-electron chi connectivity index (χ0n) is 17.5. The van der Waals surface area contributed by atoms with E-state index in [2.05, 4.69) is 6.92 Å². The first-order valence-corrected chi connectivity index (χ1v) is 11.9. The van der Waals surface area contributed by atoms with Gasteiger partial charge in [-0.1, -0.05) is 13.3 Å². The number of carbonyl (C=O) groups is 1. The van der Waals surface area contributed by atoms with Gasteiger partial charge < -0.3 is 31.3 Å². The number of aromatic hydroxyl groups is 1. The van der Waals surface area contributed by atoms with Gasteiger partial charge in [-0.25, -0.2) is 8.78 Å². The van der Waals surface area contributed by atoms with Crippen molar-refractivity contribution in [2.75, 3.05) is 26.2 Å². The standard InChI is InChI=1S/C22H31F2NO3S.BrH/c1-2-3-8-25-9-5-15(6-10-25)18(13-25)28-20(26)11-19-21(27)17(14-29-19)16-4-7-22(23,24)12-16;/h14-16,18H,2-13H2,1H3;1H/t15?,16?,18-,25?;/m0./s1. The van der Waals surface area contributed by atoms with Crippen LogP contribution in [0.1, 0.15) is 68.2 Å². The Morgan fingerprint density at radius 1 is 1.33 bits per heavy atom. The average Bonchev–Trinajstić information content (AvgIpc) is 3.23. The molecule has 1 aromatic rings. The summed E-state index contributed by atoms with van der Waals surface area (Å²) in [4.78, 5) is 13.1. The number of ether oxygens (including phenoxy) is 1. The quantitative estimate of drug-likeness (QED) is 0.452. The molecule has 4 fully saturated rings. The molecule has 2 bridgehead atoms. The number of hydrogen-bond donors (Lipinski definition) is 1. The average molecular weight is 508 g/mol. The van der Waals surface area contributed by atoms with E-state index in [1.54, 1.807) is 5.38 Å². The lowest BCUT2D eigenvalue weighted by Gasteiger charge is -2.52. The van der Waals surface area contributed by atoms with Gasteiger partial charge >= 0.3 is 5.97 Å². The minimum atomic E-state index is -2.65. The normalized spacial score (nSPS) is 32.0. The molecule has 0 aromatic carbocycles. The van der Waals surface area contributed by atoms with Gasteiger partial charge in [-0.15, -0.1) is 11.3 Å². The van der Waals surface area contributed by atoms with E-state index in [0.717, 1.165) is 23.9 Å². The summed E-state index contributed by atoms with van der Waals surface area (Å²) < 4.78 is 34.0. The second kappa shape index (κ2) is 9.41. The van der Waals surface area contributed by atoms with E-state index in [1.165, 1.54) is 43.8 Å². The minimum absolute atomic E-state index is 0. The van der Waals surface area contributed by atoms with Crippen LogP contribution in [-0.4, -0.2) is 53.8 Å². The zero-order chi connectivity index (χ0) is 20.6. The van der Waals surface area contributed by atoms with Crippen molar-refractivity contribution in [3.63, 3.8) is 0 Å². The molecule has 0 spiro atoms. The predicted molar refractivity (Wildman–Crippen MR) is 108 cm³/mol. The number of rotatable bonds is 7. The zero-order valence-corrected chi connectivity index (χ0v) is 20.0. The van der Waals surface area contributed by atoms with Gasteiger partial charge in [0.15, 0.2) is 6.10 Å². The molecule has 4 heterocycles. The van der Waals surface area contributed by atoms with Crippen LogP contribution in [0.4, 0.5) is 8.78 Å². The fourth-order valence-corrected chi connectivity index (χ4v) is 6.55. The second-order valence-corrected chi connectivity index (χ2v) is 10.3. The van der Waals surface area contributed by atoms with Crippen molar-refractivity contribution in [2.24, 2.45) is 5.92 Å². The molecule has 30 heavy (non-hydrogen) atoms. The molecule has 4 nitrogen and oxygen atoms in total. The number of nitrogens with zero attached hydrogens (tertiary/aromatic N) is 1. The van der Waals surface area contributed by atoms with Crippen LogP contribution >= 0.6 is 11.3 Å². The maximum atomic E-state index is 13.5. The predicted octanol–water partition coefficient (Wildman–Crippen LogP) is 1.86. The molecule has 1 unspecified atom stereocenters. The number of unbranched alkanes of at least 4 members (excludes halogenated alkanes) is 1. The fourth-order valence-electron chi connectivity index (χ4n) is 5.54. The number of thiophene rings is 1. The number of esters is 1. The molecule has 1 aromatic heterocycles. The molecular weight excluding hydrogens is 476 g/mol. The van der Waals surface area contributed by atoms with Crippen molar-refractivity contribution in [2.45, 2.75) is 76.2 Å². The van der Waals surface area contributed by atoms with Gasteiger partial charge in [0.05, 0.1) is 30.9 Å². The summed E-state index contributed by atoms with van der Waals surface area (Å²) in [5.41, 5.74) is 0.571. The van der Waals surface area contributed by atoms with Gasteiger partial charge in [0.2, 0.25) is 5.92 Å². The van der Waals surface area contributed by atoms with E-state index in [1.807, 2.05) is 0 Å². The number of carbonyl (C=O) groups excluding carboxylic acids is 1. The highest BCUT2D eigenvalue weighted by atomic mass is 79.9. The van der Waals surface area contributed by atoms with Crippen LogP contribution in [0.5, 0.6) is 5.75 Å². The molecule has 5 rings (SSSR count). The number of piperidine rings is 3. The van der Waals surface area contributed by atoms with Crippen molar-refractivity contribution in [1.82, 2.24) is 0 Å². The topological polar surface area (TPSA) is 46.5 Å². The molecule has 0 amide bonds. The van der Waals surface area contributed by atoms with Crippen molar-refractivity contribution < 1.29 is 44.9 Å². The fraction of sp³-hybridized carbons (Fsp3) is 0.773. The summed E-state index contributed by atoms with van der Waals surface area (Å²) in [7, 11) is 0. The number of fused-ring (bicyclic) bond motifs is 3. The van der Waals surface area contributed by atoms with E-state index in [4.69, 9.17) is 4.74 Å². The smallest absolute Gasteiger partial charge is 0.311 e. The highest BCUT2D eigenvalue weighted by Crippen LogP contribution is 2.48. The Morgan fingerprint density at radius 3 is 2.70 bits per heavy atom. The van der Waals surface area contributed by atoms with Crippen LogP contribution < -0.4 is 17.0 Å². The van der Waals surface area contributed by atoms with Crippen LogP contribution in [-0.2, 0) is 16.0 Å². The second-order valence-electron chi connectivity index (χ2n) is 9.35. The van der Waals surface area contributed by atoms with Crippen LogP contribution in [0.2, 0.25) is 0 Å². The molecule has 2 atom stereocenters. The van der Waals surface area contributed by atoms with Crippen LogP contribution in [0.25, 0.3) is 0 Å². The lowest BCUT2D eigenvalue weighted by Crippen LogP contribution is -3.00. The van der Waals surface area contributed by atoms with Gasteiger partial charge in [-0.3, -0.25) is 4.79 Å².